The Morgan fingerprint density at radius 2 is 2.31 bits per heavy atom. The molecule has 1 N–H and O–H groups in total. The lowest BCUT2D eigenvalue weighted by atomic mass is 10.4. The molecule has 0 spiro atoms. The molecule has 0 fully saturated rings. The molecule has 0 aliphatic carbocycles. The number of aromatic nitrogens is 1. The van der Waals surface area contributed by atoms with Crippen LogP contribution in [-0.4, -0.2) is 10.9 Å². The van der Waals surface area contributed by atoms with Gasteiger partial charge in [-0.2, -0.15) is 0 Å². The highest BCUT2D eigenvalue weighted by atomic mass is 35.5. The summed E-state index contributed by atoms with van der Waals surface area (Å²) < 4.78 is 12.4. The normalized spacial score (nSPS) is 9.38. The van der Waals surface area contributed by atoms with Crippen molar-refractivity contribution in [3.8, 4) is 0 Å². The largest absolute Gasteiger partial charge is 0.306 e. The van der Waals surface area contributed by atoms with Crippen molar-refractivity contribution in [1.29, 1.82) is 0 Å². The van der Waals surface area contributed by atoms with Crippen LogP contribution >= 0.6 is 11.6 Å². The van der Waals surface area contributed by atoms with Gasteiger partial charge in [-0.3, -0.25) is 4.79 Å². The molecule has 1 heterocycles. The molecule has 0 unspecified atom stereocenters. The van der Waals surface area contributed by atoms with Gasteiger partial charge in [-0.05, 0) is 12.1 Å². The van der Waals surface area contributed by atoms with Crippen LogP contribution in [0, 0.1) is 5.82 Å². The quantitative estimate of drug-likeness (QED) is 0.741. The molecule has 0 saturated heterocycles. The first kappa shape index (κ1) is 9.67. The van der Waals surface area contributed by atoms with Crippen molar-refractivity contribution < 1.29 is 9.18 Å². The predicted molar refractivity (Wildman–Crippen MR) is 47.8 cm³/mol. The van der Waals surface area contributed by atoms with Crippen LogP contribution in [0.5, 0.6) is 0 Å². The number of pyridine rings is 1. The molecule has 68 valence electrons. The monoisotopic (exact) mass is 200 g/mol. The molecule has 13 heavy (non-hydrogen) atoms. The summed E-state index contributed by atoms with van der Waals surface area (Å²) in [7, 11) is 0. The van der Waals surface area contributed by atoms with Gasteiger partial charge in [-0.15, -0.1) is 0 Å². The van der Waals surface area contributed by atoms with Crippen LogP contribution in [0.1, 0.15) is 0 Å². The van der Waals surface area contributed by atoms with Gasteiger partial charge >= 0.3 is 0 Å². The first-order valence-corrected chi connectivity index (χ1v) is 3.74. The number of carbonyl (C=O) groups is 1. The number of halogens is 2. The zero-order valence-corrected chi connectivity index (χ0v) is 7.31. The maximum absolute atomic E-state index is 12.4. The SMILES string of the molecule is C=C(Cl)C(=O)Nc1ccc(F)cn1. The second-order valence-electron chi connectivity index (χ2n) is 2.22. The molecule has 1 aromatic heterocycles. The van der Waals surface area contributed by atoms with E-state index in [0.29, 0.717) is 0 Å². The summed E-state index contributed by atoms with van der Waals surface area (Å²) in [5, 5.41) is 2.17. The fourth-order valence-corrected chi connectivity index (χ4v) is 0.681. The number of anilines is 1. The Morgan fingerprint density at radius 1 is 1.62 bits per heavy atom. The van der Waals surface area contributed by atoms with Crippen molar-refractivity contribution in [3.05, 3.63) is 35.8 Å². The van der Waals surface area contributed by atoms with Crippen molar-refractivity contribution >= 4 is 23.3 Å². The molecule has 3 nitrogen and oxygen atoms in total. The molecule has 5 heteroatoms. The number of hydrogen-bond acceptors (Lipinski definition) is 2. The van der Waals surface area contributed by atoms with E-state index < -0.39 is 11.7 Å². The Kier molecular flexibility index (Phi) is 2.97. The van der Waals surface area contributed by atoms with Crippen molar-refractivity contribution in [1.82, 2.24) is 4.98 Å². The zero-order valence-electron chi connectivity index (χ0n) is 6.55. The van der Waals surface area contributed by atoms with Crippen LogP contribution in [0.15, 0.2) is 29.9 Å². The third-order valence-electron chi connectivity index (χ3n) is 1.22. The molecule has 0 radical (unpaired) electrons. The number of nitrogens with zero attached hydrogens (tertiary/aromatic N) is 1. The molecule has 0 aromatic carbocycles. The summed E-state index contributed by atoms with van der Waals surface area (Å²) in [5.41, 5.74) is 0. The summed E-state index contributed by atoms with van der Waals surface area (Å²) in [4.78, 5) is 14.5. The maximum atomic E-state index is 12.4. The third-order valence-corrected chi connectivity index (χ3v) is 1.39. The molecular formula is C8H6ClFN2O. The van der Waals surface area contributed by atoms with Gasteiger partial charge in [0.15, 0.2) is 0 Å². The second-order valence-corrected chi connectivity index (χ2v) is 2.68. The first-order valence-electron chi connectivity index (χ1n) is 3.37. The van der Waals surface area contributed by atoms with E-state index in [1.54, 1.807) is 0 Å². The predicted octanol–water partition coefficient (Wildman–Crippen LogP) is 1.91. The van der Waals surface area contributed by atoms with E-state index in [1.165, 1.54) is 12.1 Å². The van der Waals surface area contributed by atoms with Crippen LogP contribution in [0.3, 0.4) is 0 Å². The van der Waals surface area contributed by atoms with Gasteiger partial charge in [0.25, 0.3) is 5.91 Å². The fraction of sp³-hybridized carbons (Fsp3) is 0. The summed E-state index contributed by atoms with van der Waals surface area (Å²) in [6.45, 7) is 3.22. The molecule has 0 aliphatic heterocycles. The van der Waals surface area contributed by atoms with E-state index in [4.69, 9.17) is 11.6 Å². The van der Waals surface area contributed by atoms with Crippen molar-refractivity contribution in [2.75, 3.05) is 5.32 Å². The average molecular weight is 201 g/mol. The topological polar surface area (TPSA) is 42.0 Å². The highest BCUT2D eigenvalue weighted by molar-refractivity contribution is 6.43. The number of nitrogens with one attached hydrogen (secondary N) is 1. The lowest BCUT2D eigenvalue weighted by Gasteiger charge is -2.01. The van der Waals surface area contributed by atoms with Crippen molar-refractivity contribution in [2.24, 2.45) is 0 Å². The Morgan fingerprint density at radius 3 is 2.77 bits per heavy atom. The molecule has 0 bridgehead atoms. The van der Waals surface area contributed by atoms with Gasteiger partial charge in [0.1, 0.15) is 11.6 Å². The highest BCUT2D eigenvalue weighted by Crippen LogP contribution is 2.06. The summed E-state index contributed by atoms with van der Waals surface area (Å²) >= 11 is 5.30. The van der Waals surface area contributed by atoms with Gasteiger partial charge in [0.05, 0.1) is 11.2 Å². The van der Waals surface area contributed by atoms with E-state index in [9.17, 15) is 9.18 Å². The van der Waals surface area contributed by atoms with Gasteiger partial charge in [-0.25, -0.2) is 9.37 Å². The van der Waals surface area contributed by atoms with Gasteiger partial charge in [-0.1, -0.05) is 18.2 Å². The molecule has 1 rings (SSSR count). The van der Waals surface area contributed by atoms with Crippen molar-refractivity contribution in [2.45, 2.75) is 0 Å². The smallest absolute Gasteiger partial charge is 0.267 e. The van der Waals surface area contributed by atoms with E-state index in [2.05, 4.69) is 16.9 Å². The Balaban J connectivity index is 2.70. The maximum Gasteiger partial charge on any atom is 0.267 e. The summed E-state index contributed by atoms with van der Waals surface area (Å²) in [6, 6.07) is 2.51. The zero-order chi connectivity index (χ0) is 9.84. The van der Waals surface area contributed by atoms with E-state index >= 15 is 0 Å². The summed E-state index contributed by atoms with van der Waals surface area (Å²) in [6.07, 6.45) is 0.993. The van der Waals surface area contributed by atoms with Crippen molar-refractivity contribution in [3.63, 3.8) is 0 Å². The molecule has 1 aromatic rings. The Bertz CT molecular complexity index is 337. The van der Waals surface area contributed by atoms with E-state index in [-0.39, 0.29) is 10.9 Å². The van der Waals surface area contributed by atoms with E-state index in [1.807, 2.05) is 0 Å². The number of hydrogen-bond donors (Lipinski definition) is 1. The van der Waals surface area contributed by atoms with Crippen LogP contribution in [0.2, 0.25) is 0 Å². The third kappa shape index (κ3) is 2.83. The highest BCUT2D eigenvalue weighted by Gasteiger charge is 2.04. The lowest BCUT2D eigenvalue weighted by Crippen LogP contribution is -2.11. The molecule has 0 saturated carbocycles. The van der Waals surface area contributed by atoms with Gasteiger partial charge in [0.2, 0.25) is 0 Å². The molecule has 0 aliphatic rings. The van der Waals surface area contributed by atoms with E-state index in [0.717, 1.165) is 6.20 Å². The average Bonchev–Trinajstić information content (AvgIpc) is 2.08. The van der Waals surface area contributed by atoms with Gasteiger partial charge < -0.3 is 5.32 Å². The van der Waals surface area contributed by atoms with Crippen LogP contribution in [-0.2, 0) is 4.79 Å². The fourth-order valence-electron chi connectivity index (χ4n) is 0.634. The molecular weight excluding hydrogens is 195 g/mol. The Hall–Kier alpha value is -1.42. The Labute approximate surface area is 79.2 Å². The van der Waals surface area contributed by atoms with Crippen LogP contribution < -0.4 is 5.32 Å². The molecule has 1 amide bonds. The standard InChI is InChI=1S/C8H6ClFN2O/c1-5(9)8(13)12-7-3-2-6(10)4-11-7/h2-4H,1H2,(H,11,12,13). The molecule has 0 atom stereocenters. The minimum atomic E-state index is -0.555. The first-order chi connectivity index (χ1) is 6.09. The number of amides is 1. The van der Waals surface area contributed by atoms with Crippen LogP contribution in [0.4, 0.5) is 10.2 Å². The number of rotatable bonds is 2. The van der Waals surface area contributed by atoms with Crippen LogP contribution in [0.25, 0.3) is 0 Å². The minimum Gasteiger partial charge on any atom is -0.306 e. The summed E-state index contributed by atoms with van der Waals surface area (Å²) in [5.74, 6) is -0.795. The minimum absolute atomic E-state index is 0.147. The van der Waals surface area contributed by atoms with Gasteiger partial charge in [0, 0.05) is 0 Å². The lowest BCUT2D eigenvalue weighted by molar-refractivity contribution is -0.112. The second kappa shape index (κ2) is 4.00. The number of carbonyl (C=O) groups excluding carboxylic acids is 1.